The number of aryl methyl sites for hydroxylation is 1. The van der Waals surface area contributed by atoms with Crippen LogP contribution in [0.4, 0.5) is 0 Å². The number of carbonyl (C=O) groups is 1. The van der Waals surface area contributed by atoms with Crippen molar-refractivity contribution in [2.24, 2.45) is 5.92 Å². The van der Waals surface area contributed by atoms with Gasteiger partial charge in [0, 0.05) is 39.9 Å². The van der Waals surface area contributed by atoms with E-state index in [1.165, 1.54) is 22.6 Å². The summed E-state index contributed by atoms with van der Waals surface area (Å²) in [6.07, 6.45) is 2.39. The second kappa shape index (κ2) is 10.9. The minimum absolute atomic E-state index is 0.0146. The van der Waals surface area contributed by atoms with Crippen LogP contribution in [0.25, 0.3) is 10.4 Å². The highest BCUT2D eigenvalue weighted by Crippen LogP contribution is 2.40. The molecule has 1 aromatic heterocycles. The van der Waals surface area contributed by atoms with E-state index in [0.717, 1.165) is 41.5 Å². The molecule has 0 bridgehead atoms. The van der Waals surface area contributed by atoms with E-state index in [4.69, 9.17) is 14.2 Å². The third kappa shape index (κ3) is 5.52. The van der Waals surface area contributed by atoms with Gasteiger partial charge in [0.25, 0.3) is 5.91 Å². The van der Waals surface area contributed by atoms with Gasteiger partial charge in [0.15, 0.2) is 11.5 Å². The Labute approximate surface area is 217 Å². The number of carbonyl (C=O) groups excluding carboxylic acids is 1. The molecular weight excluding hydrogens is 472 g/mol. The lowest BCUT2D eigenvalue weighted by atomic mass is 9.99. The van der Waals surface area contributed by atoms with Crippen LogP contribution in [-0.2, 0) is 6.54 Å². The Hall–Kier alpha value is -3.03. The minimum Gasteiger partial charge on any atom is -0.497 e. The van der Waals surface area contributed by atoms with Crippen molar-refractivity contribution in [3.8, 4) is 27.7 Å². The van der Waals surface area contributed by atoms with Crippen molar-refractivity contribution in [1.29, 1.82) is 0 Å². The average Bonchev–Trinajstić information content (AvgIpc) is 3.21. The lowest BCUT2D eigenvalue weighted by molar-refractivity contribution is 0.0733. The van der Waals surface area contributed by atoms with E-state index in [1.54, 1.807) is 18.4 Å². The van der Waals surface area contributed by atoms with Crippen LogP contribution in [-0.4, -0.2) is 62.7 Å². The Morgan fingerprint density at radius 2 is 1.97 bits per heavy atom. The van der Waals surface area contributed by atoms with E-state index in [-0.39, 0.29) is 5.91 Å². The summed E-state index contributed by atoms with van der Waals surface area (Å²) in [6, 6.07) is 15.8. The highest BCUT2D eigenvalue weighted by molar-refractivity contribution is 7.15. The SMILES string of the molecule is COc1ccc(C(=O)N2CCOc3c(cc(-c4ccc(C)s4)cc3OC[C@@H]3CCCN(C)C3)C2)cc1. The van der Waals surface area contributed by atoms with Crippen LogP contribution in [0.2, 0.25) is 0 Å². The van der Waals surface area contributed by atoms with Crippen molar-refractivity contribution in [2.45, 2.75) is 26.3 Å². The number of ether oxygens (including phenoxy) is 3. The van der Waals surface area contributed by atoms with E-state index in [0.29, 0.717) is 37.8 Å². The first kappa shape index (κ1) is 24.7. The summed E-state index contributed by atoms with van der Waals surface area (Å²) < 4.78 is 17.9. The van der Waals surface area contributed by atoms with Crippen LogP contribution in [0.1, 0.15) is 33.6 Å². The summed E-state index contributed by atoms with van der Waals surface area (Å²) in [5, 5.41) is 0. The van der Waals surface area contributed by atoms with Gasteiger partial charge in [0.05, 0.1) is 20.3 Å². The number of hydrogen-bond acceptors (Lipinski definition) is 6. The van der Waals surface area contributed by atoms with Gasteiger partial charge >= 0.3 is 0 Å². The topological polar surface area (TPSA) is 51.2 Å². The van der Waals surface area contributed by atoms with E-state index >= 15 is 0 Å². The fourth-order valence-corrected chi connectivity index (χ4v) is 5.88. The molecule has 3 aromatic rings. The summed E-state index contributed by atoms with van der Waals surface area (Å²) in [5.41, 5.74) is 2.72. The number of nitrogens with zero attached hydrogens (tertiary/aromatic N) is 2. The third-order valence-corrected chi connectivity index (χ3v) is 8.00. The van der Waals surface area contributed by atoms with Crippen molar-refractivity contribution >= 4 is 17.2 Å². The van der Waals surface area contributed by atoms with Crippen molar-refractivity contribution in [3.05, 3.63) is 64.5 Å². The van der Waals surface area contributed by atoms with Gasteiger partial charge in [-0.15, -0.1) is 11.3 Å². The molecule has 2 aliphatic heterocycles. The summed E-state index contributed by atoms with van der Waals surface area (Å²) in [6.45, 7) is 6.40. The highest BCUT2D eigenvalue weighted by Gasteiger charge is 2.26. The summed E-state index contributed by atoms with van der Waals surface area (Å²) >= 11 is 1.76. The van der Waals surface area contributed by atoms with E-state index in [9.17, 15) is 4.79 Å². The maximum absolute atomic E-state index is 13.4. The standard InChI is InChI=1S/C29H34N2O4S/c1-20-6-11-27(36-20)23-15-24-18-31(29(32)22-7-9-25(33-3)10-8-22)13-14-34-28(24)26(16-23)35-19-21-5-4-12-30(2)17-21/h6-11,15-16,21H,4-5,12-14,17-19H2,1-3H3/t21-/m1/s1. The van der Waals surface area contributed by atoms with Crippen LogP contribution < -0.4 is 14.2 Å². The predicted molar refractivity (Wildman–Crippen MR) is 143 cm³/mol. The molecule has 5 rings (SSSR count). The monoisotopic (exact) mass is 506 g/mol. The van der Waals surface area contributed by atoms with E-state index < -0.39 is 0 Å². The van der Waals surface area contributed by atoms with Crippen molar-refractivity contribution in [2.75, 3.05) is 47.0 Å². The number of likely N-dealkylation sites (tertiary alicyclic amines) is 1. The molecule has 1 atom stereocenters. The molecule has 1 fully saturated rings. The van der Waals surface area contributed by atoms with Crippen LogP contribution in [0.3, 0.4) is 0 Å². The Morgan fingerprint density at radius 3 is 2.69 bits per heavy atom. The minimum atomic E-state index is -0.0146. The Morgan fingerprint density at radius 1 is 1.14 bits per heavy atom. The van der Waals surface area contributed by atoms with Gasteiger partial charge < -0.3 is 24.0 Å². The zero-order valence-electron chi connectivity index (χ0n) is 21.3. The summed E-state index contributed by atoms with van der Waals surface area (Å²) in [4.78, 5) is 20.1. The molecular formula is C29H34N2O4S. The number of amides is 1. The molecule has 0 aliphatic carbocycles. The molecule has 36 heavy (non-hydrogen) atoms. The predicted octanol–water partition coefficient (Wildman–Crippen LogP) is 5.49. The van der Waals surface area contributed by atoms with Crippen molar-refractivity contribution < 1.29 is 19.0 Å². The van der Waals surface area contributed by atoms with Gasteiger partial charge in [-0.25, -0.2) is 0 Å². The van der Waals surface area contributed by atoms with Gasteiger partial charge in [-0.1, -0.05) is 0 Å². The summed E-state index contributed by atoms with van der Waals surface area (Å²) in [7, 11) is 3.80. The average molecular weight is 507 g/mol. The molecule has 0 saturated carbocycles. The van der Waals surface area contributed by atoms with Crippen LogP contribution in [0.5, 0.6) is 17.2 Å². The Kier molecular flexibility index (Phi) is 7.48. The summed E-state index contributed by atoms with van der Waals surface area (Å²) in [5.74, 6) is 2.77. The fraction of sp³-hybridized carbons (Fsp3) is 0.414. The van der Waals surface area contributed by atoms with Crippen molar-refractivity contribution in [3.63, 3.8) is 0 Å². The molecule has 1 amide bonds. The molecule has 0 N–H and O–H groups in total. The third-order valence-electron chi connectivity index (χ3n) is 6.95. The zero-order valence-corrected chi connectivity index (χ0v) is 22.1. The number of methoxy groups -OCH3 is 1. The van der Waals surface area contributed by atoms with Crippen molar-refractivity contribution in [1.82, 2.24) is 9.80 Å². The molecule has 0 spiro atoms. The number of benzene rings is 2. The molecule has 2 aromatic carbocycles. The number of piperidine rings is 1. The molecule has 3 heterocycles. The van der Waals surface area contributed by atoms with Gasteiger partial charge in [-0.2, -0.15) is 0 Å². The van der Waals surface area contributed by atoms with Gasteiger partial charge in [0.2, 0.25) is 0 Å². The molecule has 6 nitrogen and oxygen atoms in total. The number of hydrogen-bond donors (Lipinski definition) is 0. The molecule has 0 unspecified atom stereocenters. The zero-order chi connectivity index (χ0) is 25.1. The smallest absolute Gasteiger partial charge is 0.254 e. The van der Waals surface area contributed by atoms with Crippen LogP contribution in [0, 0.1) is 12.8 Å². The number of rotatable bonds is 6. The molecule has 1 saturated heterocycles. The first-order valence-electron chi connectivity index (χ1n) is 12.6. The quantitative estimate of drug-likeness (QED) is 0.443. The molecule has 7 heteroatoms. The van der Waals surface area contributed by atoms with E-state index in [1.807, 2.05) is 29.2 Å². The van der Waals surface area contributed by atoms with Crippen LogP contribution in [0.15, 0.2) is 48.5 Å². The fourth-order valence-electron chi connectivity index (χ4n) is 5.03. The Balaban J connectivity index is 1.43. The Bertz CT molecular complexity index is 1210. The largest absolute Gasteiger partial charge is 0.497 e. The second-order valence-electron chi connectivity index (χ2n) is 9.76. The molecule has 2 aliphatic rings. The second-order valence-corrected chi connectivity index (χ2v) is 11.0. The normalized spacial score (nSPS) is 18.2. The van der Waals surface area contributed by atoms with Gasteiger partial charge in [-0.05, 0) is 87.5 Å². The van der Waals surface area contributed by atoms with E-state index in [2.05, 4.69) is 43.1 Å². The lowest BCUT2D eigenvalue weighted by Gasteiger charge is -2.29. The van der Waals surface area contributed by atoms with Crippen LogP contribution >= 0.6 is 11.3 Å². The highest BCUT2D eigenvalue weighted by atomic mass is 32.1. The number of thiophene rings is 1. The lowest BCUT2D eigenvalue weighted by Crippen LogP contribution is -2.34. The van der Waals surface area contributed by atoms with Gasteiger partial charge in [0.1, 0.15) is 12.4 Å². The number of fused-ring (bicyclic) bond motifs is 1. The first-order valence-corrected chi connectivity index (χ1v) is 13.4. The maximum Gasteiger partial charge on any atom is 0.254 e. The molecule has 0 radical (unpaired) electrons. The molecule has 190 valence electrons. The van der Waals surface area contributed by atoms with Gasteiger partial charge in [-0.3, -0.25) is 4.79 Å². The first-order chi connectivity index (χ1) is 17.5. The maximum atomic E-state index is 13.4.